The van der Waals surface area contributed by atoms with Crippen molar-refractivity contribution in [3.05, 3.63) is 76.2 Å². The summed E-state index contributed by atoms with van der Waals surface area (Å²) in [6, 6.07) is 20.9. The summed E-state index contributed by atoms with van der Waals surface area (Å²) in [5, 5.41) is 5.28. The fourth-order valence-electron chi connectivity index (χ4n) is 3.28. The van der Waals surface area contributed by atoms with Gasteiger partial charge in [-0.3, -0.25) is 0 Å². The normalized spacial score (nSPS) is 12.1. The van der Waals surface area contributed by atoms with Gasteiger partial charge in [0.25, 0.3) is 0 Å². The first-order chi connectivity index (χ1) is 14.3. The van der Waals surface area contributed by atoms with E-state index in [0.29, 0.717) is 0 Å². The van der Waals surface area contributed by atoms with Crippen LogP contribution in [0, 0.1) is 0 Å². The molecular weight excluding hydrogens is 396 g/mol. The highest BCUT2D eigenvalue weighted by Crippen LogP contribution is 2.24. The Bertz CT molecular complexity index is 1170. The quantitative estimate of drug-likeness (QED) is 0.224. The molecule has 0 spiro atoms. The van der Waals surface area contributed by atoms with Crippen LogP contribution in [0.2, 0.25) is 0 Å². The molecule has 0 aliphatic heterocycles. The Kier molecular flexibility index (Phi) is 6.12. The molecule has 0 fully saturated rings. The highest BCUT2D eigenvalue weighted by Gasteiger charge is 2.17. The van der Waals surface area contributed by atoms with Gasteiger partial charge in [-0.1, -0.05) is 72.0 Å². The van der Waals surface area contributed by atoms with E-state index in [9.17, 15) is 0 Å². The van der Waals surface area contributed by atoms with Gasteiger partial charge in [-0.25, -0.2) is 4.57 Å². The number of thiazole rings is 2. The van der Waals surface area contributed by atoms with Crippen molar-refractivity contribution in [2.24, 2.45) is 9.98 Å². The van der Waals surface area contributed by atoms with E-state index >= 15 is 0 Å². The summed E-state index contributed by atoms with van der Waals surface area (Å²) >= 11 is 3.29. The van der Waals surface area contributed by atoms with Crippen LogP contribution in [0.1, 0.15) is 13.8 Å². The van der Waals surface area contributed by atoms with E-state index in [0.717, 1.165) is 23.0 Å². The molecule has 0 radical (unpaired) electrons. The molecule has 146 valence electrons. The predicted octanol–water partition coefficient (Wildman–Crippen LogP) is 5.53. The highest BCUT2D eigenvalue weighted by molar-refractivity contribution is 7.13. The minimum Gasteiger partial charge on any atom is -0.317 e. The van der Waals surface area contributed by atoms with Crippen LogP contribution in [0.25, 0.3) is 22.5 Å². The van der Waals surface area contributed by atoms with E-state index < -0.39 is 0 Å². The topological polar surface area (TPSA) is 33.5 Å². The molecule has 6 heteroatoms. The Morgan fingerprint density at radius 3 is 2.24 bits per heavy atom. The maximum Gasteiger partial charge on any atom is 0.384 e. The molecule has 0 N–H and O–H groups in total. The summed E-state index contributed by atoms with van der Waals surface area (Å²) in [6.07, 6.45) is 1.68. The zero-order chi connectivity index (χ0) is 20.1. The Morgan fingerprint density at radius 2 is 1.59 bits per heavy atom. The number of nitrogens with zero attached hydrogens (tertiary/aromatic N) is 4. The van der Waals surface area contributed by atoms with Crippen molar-refractivity contribution in [1.29, 1.82) is 0 Å². The average molecular weight is 420 g/mol. The molecule has 29 heavy (non-hydrogen) atoms. The molecule has 0 aliphatic rings. The fourth-order valence-corrected chi connectivity index (χ4v) is 5.17. The molecule has 0 aliphatic carbocycles. The second kappa shape index (κ2) is 9.11. The number of aromatic nitrogens is 2. The van der Waals surface area contributed by atoms with Gasteiger partial charge in [0, 0.05) is 22.9 Å². The summed E-state index contributed by atoms with van der Waals surface area (Å²) in [4.78, 5) is 10.3. The van der Waals surface area contributed by atoms with Gasteiger partial charge in [-0.2, -0.15) is 4.99 Å². The van der Waals surface area contributed by atoms with Gasteiger partial charge in [-0.15, -0.1) is 11.3 Å². The van der Waals surface area contributed by atoms with Gasteiger partial charge in [-0.05, 0) is 24.4 Å². The number of hydrogen-bond donors (Lipinski definition) is 0. The smallest absolute Gasteiger partial charge is 0.317 e. The Labute approximate surface area is 178 Å². The molecule has 4 aromatic rings. The monoisotopic (exact) mass is 419 g/mol. The maximum atomic E-state index is 4.66. The molecule has 0 saturated heterocycles. The van der Waals surface area contributed by atoms with Crippen LogP contribution in [-0.4, -0.2) is 10.9 Å². The first kappa shape index (κ1) is 19.5. The van der Waals surface area contributed by atoms with Crippen molar-refractivity contribution in [1.82, 2.24) is 4.57 Å². The van der Waals surface area contributed by atoms with Crippen LogP contribution >= 0.6 is 22.7 Å². The third kappa shape index (κ3) is 4.13. The number of benzene rings is 2. The second-order valence-electron chi connectivity index (χ2n) is 6.40. The van der Waals surface area contributed by atoms with Gasteiger partial charge in [0.2, 0.25) is 6.34 Å². The molecular formula is C23H23N4S2+. The minimum atomic E-state index is 0.868. The third-order valence-electron chi connectivity index (χ3n) is 4.70. The Hall–Kier alpha value is -2.83. The summed E-state index contributed by atoms with van der Waals surface area (Å²) in [5.74, 6) is 0. The highest BCUT2D eigenvalue weighted by atomic mass is 32.1. The number of rotatable bonds is 6. The summed E-state index contributed by atoms with van der Waals surface area (Å²) in [5.41, 5.74) is 4.80. The first-order valence-corrected chi connectivity index (χ1v) is 11.4. The largest absolute Gasteiger partial charge is 0.384 e. The lowest BCUT2D eigenvalue weighted by molar-refractivity contribution is -0.665. The molecule has 0 amide bonds. The minimum absolute atomic E-state index is 0.868. The SMILES string of the molecule is CCn1c(-c2ccccc2)csc1=N/C=N/c1scc(-c2ccccc2)[n+]1CC. The van der Waals surface area contributed by atoms with Crippen molar-refractivity contribution < 1.29 is 4.57 Å². The van der Waals surface area contributed by atoms with Gasteiger partial charge < -0.3 is 4.57 Å². The van der Waals surface area contributed by atoms with E-state index in [1.165, 1.54) is 22.5 Å². The average Bonchev–Trinajstić information content (AvgIpc) is 3.38. The van der Waals surface area contributed by atoms with Crippen LogP contribution in [-0.2, 0) is 13.1 Å². The molecule has 0 atom stereocenters. The number of aliphatic imine (C=N–C) groups is 1. The molecule has 0 bridgehead atoms. The zero-order valence-electron chi connectivity index (χ0n) is 16.5. The zero-order valence-corrected chi connectivity index (χ0v) is 18.2. The van der Waals surface area contributed by atoms with Crippen molar-refractivity contribution in [3.8, 4) is 22.5 Å². The molecule has 4 rings (SSSR count). The molecule has 0 saturated carbocycles. The molecule has 0 unspecified atom stereocenters. The third-order valence-corrected chi connectivity index (χ3v) is 6.46. The van der Waals surface area contributed by atoms with E-state index in [1.807, 2.05) is 12.1 Å². The van der Waals surface area contributed by atoms with Crippen LogP contribution in [0.15, 0.2) is 81.4 Å². The lowest BCUT2D eigenvalue weighted by Crippen LogP contribution is -2.32. The Balaban J connectivity index is 1.65. The van der Waals surface area contributed by atoms with E-state index in [1.54, 1.807) is 29.0 Å². The summed E-state index contributed by atoms with van der Waals surface area (Å²) in [7, 11) is 0. The van der Waals surface area contributed by atoms with E-state index in [4.69, 9.17) is 0 Å². The maximum absolute atomic E-state index is 4.66. The van der Waals surface area contributed by atoms with Crippen LogP contribution in [0.4, 0.5) is 5.13 Å². The first-order valence-electron chi connectivity index (χ1n) is 9.68. The van der Waals surface area contributed by atoms with Crippen LogP contribution < -0.4 is 9.37 Å². The van der Waals surface area contributed by atoms with E-state index in [-0.39, 0.29) is 0 Å². The molecule has 4 nitrogen and oxygen atoms in total. The van der Waals surface area contributed by atoms with Crippen molar-refractivity contribution in [3.63, 3.8) is 0 Å². The van der Waals surface area contributed by atoms with E-state index in [2.05, 4.69) is 92.3 Å². The van der Waals surface area contributed by atoms with Gasteiger partial charge in [0.15, 0.2) is 4.80 Å². The van der Waals surface area contributed by atoms with Crippen molar-refractivity contribution in [2.45, 2.75) is 26.9 Å². The molecule has 2 heterocycles. The van der Waals surface area contributed by atoms with Crippen LogP contribution in [0.3, 0.4) is 0 Å². The lowest BCUT2D eigenvalue weighted by atomic mass is 10.2. The van der Waals surface area contributed by atoms with Crippen molar-refractivity contribution in [2.75, 3.05) is 0 Å². The summed E-state index contributed by atoms with van der Waals surface area (Å²) in [6.45, 7) is 6.02. The fraction of sp³-hybridized carbons (Fsp3) is 0.174. The predicted molar refractivity (Wildman–Crippen MR) is 123 cm³/mol. The second-order valence-corrected chi connectivity index (χ2v) is 8.07. The van der Waals surface area contributed by atoms with Crippen LogP contribution in [0.5, 0.6) is 0 Å². The lowest BCUT2D eigenvalue weighted by Gasteiger charge is -2.05. The standard InChI is InChI=1S/C23H23N4S2/c1-3-26-20(18-11-7-5-8-12-18)15-28-22(26)24-17-25-23-27(4-2)21(16-29-23)19-13-9-6-10-14-19/h5-17H,3-4H2,1-2H3/q+1. The van der Waals surface area contributed by atoms with Gasteiger partial charge >= 0.3 is 5.13 Å². The molecule has 2 aromatic heterocycles. The summed E-state index contributed by atoms with van der Waals surface area (Å²) < 4.78 is 4.45. The van der Waals surface area contributed by atoms with Gasteiger partial charge in [0.1, 0.15) is 5.69 Å². The Morgan fingerprint density at radius 1 is 0.897 bits per heavy atom. The van der Waals surface area contributed by atoms with Crippen molar-refractivity contribution >= 4 is 34.1 Å². The van der Waals surface area contributed by atoms with Gasteiger partial charge in [0.05, 0.1) is 12.2 Å². The molecule has 2 aromatic carbocycles. The number of hydrogen-bond acceptors (Lipinski definition) is 3.